The minimum absolute atomic E-state index is 0.210. The predicted molar refractivity (Wildman–Crippen MR) is 109 cm³/mol. The molecule has 4 aromatic rings. The molecule has 4 rings (SSSR count). The highest BCUT2D eigenvalue weighted by molar-refractivity contribution is 6.01. The van der Waals surface area contributed by atoms with Crippen molar-refractivity contribution >= 4 is 28.3 Å². The zero-order valence-electron chi connectivity index (χ0n) is 15.8. The number of fused-ring (bicyclic) bond motifs is 3. The van der Waals surface area contributed by atoms with Gasteiger partial charge in [0.05, 0.1) is 18.3 Å². The van der Waals surface area contributed by atoms with Gasteiger partial charge in [-0.3, -0.25) is 14.4 Å². The number of carboxylic acid groups (broad SMARTS) is 1. The van der Waals surface area contributed by atoms with Crippen LogP contribution < -0.4 is 15.6 Å². The predicted octanol–water partition coefficient (Wildman–Crippen LogP) is 1.77. The summed E-state index contributed by atoms with van der Waals surface area (Å²) in [5, 5.41) is 22.5. The van der Waals surface area contributed by atoms with Gasteiger partial charge in [-0.25, -0.2) is 9.20 Å². The first-order chi connectivity index (χ1) is 14.4. The molecule has 9 heteroatoms. The summed E-state index contributed by atoms with van der Waals surface area (Å²) in [4.78, 5) is 36.7. The van der Waals surface area contributed by atoms with Crippen LogP contribution in [0.5, 0.6) is 11.5 Å². The van der Waals surface area contributed by atoms with Crippen LogP contribution in [0.4, 0.5) is 0 Å². The van der Waals surface area contributed by atoms with Gasteiger partial charge in [0.25, 0.3) is 11.5 Å². The largest absolute Gasteiger partial charge is 0.505 e. The number of nitrogens with zero attached hydrogens (tertiary/aromatic N) is 2. The Morgan fingerprint density at radius 2 is 1.80 bits per heavy atom. The van der Waals surface area contributed by atoms with Gasteiger partial charge >= 0.3 is 5.97 Å². The molecule has 0 saturated carbocycles. The molecule has 0 unspecified atom stereocenters. The van der Waals surface area contributed by atoms with E-state index in [2.05, 4.69) is 5.32 Å². The molecule has 0 atom stereocenters. The van der Waals surface area contributed by atoms with Gasteiger partial charge in [-0.1, -0.05) is 18.2 Å². The number of benzene rings is 2. The fourth-order valence-electron chi connectivity index (χ4n) is 3.36. The third kappa shape index (κ3) is 3.02. The molecule has 30 heavy (non-hydrogen) atoms. The van der Waals surface area contributed by atoms with Crippen LogP contribution in [0, 0.1) is 0 Å². The Balaban J connectivity index is 2.11. The second-order valence-electron chi connectivity index (χ2n) is 6.52. The van der Waals surface area contributed by atoms with Crippen molar-refractivity contribution < 1.29 is 24.5 Å². The van der Waals surface area contributed by atoms with E-state index in [1.54, 1.807) is 54.6 Å². The molecule has 152 valence electrons. The van der Waals surface area contributed by atoms with Gasteiger partial charge in [-0.05, 0) is 30.3 Å². The summed E-state index contributed by atoms with van der Waals surface area (Å²) >= 11 is 0. The van der Waals surface area contributed by atoms with E-state index < -0.39 is 35.3 Å². The van der Waals surface area contributed by atoms with Crippen LogP contribution >= 0.6 is 0 Å². The Labute approximate surface area is 169 Å². The first kappa shape index (κ1) is 19.1. The van der Waals surface area contributed by atoms with Crippen LogP contribution in [0.1, 0.15) is 10.4 Å². The number of aromatic nitrogens is 2. The number of aliphatic carboxylic acids is 1. The maximum atomic E-state index is 13.3. The molecule has 2 aromatic carbocycles. The van der Waals surface area contributed by atoms with Crippen LogP contribution in [-0.2, 0) is 4.79 Å². The Morgan fingerprint density at radius 3 is 2.47 bits per heavy atom. The normalized spacial score (nSPS) is 11.0. The summed E-state index contributed by atoms with van der Waals surface area (Å²) in [6, 6.07) is 15.5. The van der Waals surface area contributed by atoms with Crippen LogP contribution in [-0.4, -0.2) is 44.9 Å². The summed E-state index contributed by atoms with van der Waals surface area (Å²) < 4.78 is 8.04. The summed E-state index contributed by atoms with van der Waals surface area (Å²) in [5.74, 6) is -2.23. The minimum Gasteiger partial charge on any atom is -0.505 e. The van der Waals surface area contributed by atoms with Crippen molar-refractivity contribution in [2.75, 3.05) is 13.7 Å². The van der Waals surface area contributed by atoms with Gasteiger partial charge < -0.3 is 20.3 Å². The number of carbonyl (C=O) groups is 2. The van der Waals surface area contributed by atoms with E-state index in [0.717, 1.165) is 0 Å². The van der Waals surface area contributed by atoms with Gasteiger partial charge in [-0.2, -0.15) is 0 Å². The number of aromatic hydroxyl groups is 1. The summed E-state index contributed by atoms with van der Waals surface area (Å²) in [6.45, 7) is -0.686. The van der Waals surface area contributed by atoms with Crippen LogP contribution in [0.3, 0.4) is 0 Å². The molecule has 0 aliphatic rings. The summed E-state index contributed by atoms with van der Waals surface area (Å²) in [7, 11) is 1.52. The monoisotopic (exact) mass is 407 g/mol. The van der Waals surface area contributed by atoms with E-state index >= 15 is 0 Å². The van der Waals surface area contributed by atoms with Crippen molar-refractivity contribution in [1.29, 1.82) is 0 Å². The summed E-state index contributed by atoms with van der Waals surface area (Å²) in [6.07, 6.45) is 0. The third-order valence-electron chi connectivity index (χ3n) is 4.70. The first-order valence-corrected chi connectivity index (χ1v) is 8.95. The van der Waals surface area contributed by atoms with Crippen molar-refractivity contribution in [3.8, 4) is 17.2 Å². The topological polar surface area (TPSA) is 122 Å². The lowest BCUT2D eigenvalue weighted by Gasteiger charge is -2.15. The van der Waals surface area contributed by atoms with E-state index in [-0.39, 0.29) is 5.52 Å². The first-order valence-electron chi connectivity index (χ1n) is 8.95. The minimum atomic E-state index is -1.27. The molecule has 0 bridgehead atoms. The SMILES string of the molecule is COc1ccc2cc3c(O)c(C(=O)NCC(=O)O)c(=O)n(-c4ccccc4)n3c2c1. The lowest BCUT2D eigenvalue weighted by atomic mass is 10.2. The lowest BCUT2D eigenvalue weighted by molar-refractivity contribution is -0.135. The molecule has 0 radical (unpaired) electrons. The molecule has 2 aromatic heterocycles. The van der Waals surface area contributed by atoms with E-state index in [9.17, 15) is 19.5 Å². The number of para-hydroxylation sites is 1. The van der Waals surface area contributed by atoms with Crippen LogP contribution in [0.25, 0.3) is 22.1 Å². The highest BCUT2D eigenvalue weighted by atomic mass is 16.5. The molecule has 0 aliphatic heterocycles. The Hall–Kier alpha value is -4.27. The molecule has 0 spiro atoms. The van der Waals surface area contributed by atoms with Crippen molar-refractivity contribution in [2.24, 2.45) is 0 Å². The maximum absolute atomic E-state index is 13.3. The molecular formula is C21H17N3O6. The smallest absolute Gasteiger partial charge is 0.322 e. The maximum Gasteiger partial charge on any atom is 0.322 e. The van der Waals surface area contributed by atoms with Crippen molar-refractivity contribution in [2.45, 2.75) is 0 Å². The number of carbonyl (C=O) groups excluding carboxylic acids is 1. The number of nitrogens with one attached hydrogen (secondary N) is 1. The zero-order valence-corrected chi connectivity index (χ0v) is 15.8. The van der Waals surface area contributed by atoms with Crippen LogP contribution in [0.15, 0.2) is 59.4 Å². The van der Waals surface area contributed by atoms with E-state index in [1.807, 2.05) is 0 Å². The number of methoxy groups -OCH3 is 1. The number of hydrogen-bond donors (Lipinski definition) is 3. The van der Waals surface area contributed by atoms with Crippen molar-refractivity contribution in [3.05, 3.63) is 70.5 Å². The fraction of sp³-hybridized carbons (Fsp3) is 0.0952. The van der Waals surface area contributed by atoms with Gasteiger partial charge in [0.15, 0.2) is 11.3 Å². The van der Waals surface area contributed by atoms with Gasteiger partial charge in [0.2, 0.25) is 0 Å². The molecule has 2 heterocycles. The quantitative estimate of drug-likeness (QED) is 0.464. The third-order valence-corrected chi connectivity index (χ3v) is 4.70. The van der Waals surface area contributed by atoms with Crippen molar-refractivity contribution in [1.82, 2.24) is 14.5 Å². The highest BCUT2D eigenvalue weighted by Crippen LogP contribution is 2.31. The number of rotatable bonds is 5. The Kier molecular flexibility index (Phi) is 4.63. The van der Waals surface area contributed by atoms with Gasteiger partial charge in [-0.15, -0.1) is 0 Å². The standard InChI is InChI=1S/C21H17N3O6/c1-30-14-8-7-12-9-16-19(27)18(20(28)22-11-17(25)26)21(29)23(24(16)15(12)10-14)13-5-3-2-4-6-13/h2-10,27H,11H2,1H3,(H,22,28)(H,25,26). The average Bonchev–Trinajstić information content (AvgIpc) is 3.12. The molecular weight excluding hydrogens is 390 g/mol. The number of carboxylic acids is 1. The van der Waals surface area contributed by atoms with E-state index in [0.29, 0.717) is 22.3 Å². The van der Waals surface area contributed by atoms with Crippen LogP contribution in [0.2, 0.25) is 0 Å². The highest BCUT2D eigenvalue weighted by Gasteiger charge is 2.25. The molecule has 9 nitrogen and oxygen atoms in total. The van der Waals surface area contributed by atoms with Gasteiger partial charge in [0.1, 0.15) is 17.8 Å². The number of hydrogen-bond acceptors (Lipinski definition) is 5. The lowest BCUT2D eigenvalue weighted by Crippen LogP contribution is -2.37. The second-order valence-corrected chi connectivity index (χ2v) is 6.52. The average molecular weight is 407 g/mol. The summed E-state index contributed by atoms with van der Waals surface area (Å²) in [5.41, 5.74) is -0.0860. The van der Waals surface area contributed by atoms with Crippen molar-refractivity contribution in [3.63, 3.8) is 0 Å². The molecule has 0 fully saturated rings. The Bertz CT molecular complexity index is 1350. The number of amides is 1. The molecule has 0 aliphatic carbocycles. The molecule has 3 N–H and O–H groups in total. The van der Waals surface area contributed by atoms with E-state index in [4.69, 9.17) is 9.84 Å². The Morgan fingerprint density at radius 1 is 1.07 bits per heavy atom. The van der Waals surface area contributed by atoms with Gasteiger partial charge in [0, 0.05) is 11.5 Å². The fourth-order valence-corrected chi connectivity index (χ4v) is 3.36. The second kappa shape index (κ2) is 7.28. The zero-order chi connectivity index (χ0) is 21.4. The number of ether oxygens (including phenoxy) is 1. The van der Waals surface area contributed by atoms with E-state index in [1.165, 1.54) is 16.3 Å². The molecule has 0 saturated heterocycles. The molecule has 1 amide bonds.